The molecule has 0 spiro atoms. The molecule has 1 heterocycles. The van der Waals surface area contributed by atoms with Crippen molar-refractivity contribution >= 4 is 0 Å². The van der Waals surface area contributed by atoms with Crippen molar-refractivity contribution in [2.24, 2.45) is 0 Å². The minimum atomic E-state index is 0.257. The van der Waals surface area contributed by atoms with E-state index in [9.17, 15) is 0 Å². The van der Waals surface area contributed by atoms with Crippen molar-refractivity contribution in [3.8, 4) is 5.75 Å². The second-order valence-electron chi connectivity index (χ2n) is 4.44. The van der Waals surface area contributed by atoms with E-state index in [4.69, 9.17) is 4.74 Å². The van der Waals surface area contributed by atoms with Gasteiger partial charge in [0.25, 0.3) is 0 Å². The predicted octanol–water partition coefficient (Wildman–Crippen LogP) is 2.11. The Kier molecular flexibility index (Phi) is 4.98. The van der Waals surface area contributed by atoms with Crippen LogP contribution in [0.3, 0.4) is 0 Å². The molecular weight excluding hydrogens is 238 g/mol. The monoisotopic (exact) mass is 259 g/mol. The average Bonchev–Trinajstić information content (AvgIpc) is 2.91. The number of hydrogen-bond donors (Lipinski definition) is 1. The molecule has 1 unspecified atom stereocenters. The van der Waals surface area contributed by atoms with Gasteiger partial charge < -0.3 is 14.6 Å². The van der Waals surface area contributed by atoms with Gasteiger partial charge in [-0.1, -0.05) is 18.2 Å². The normalized spacial score (nSPS) is 12.3. The highest BCUT2D eigenvalue weighted by atomic mass is 16.5. The third kappa shape index (κ3) is 3.83. The molecule has 1 aromatic heterocycles. The molecule has 0 bridgehead atoms. The van der Waals surface area contributed by atoms with Crippen molar-refractivity contribution in [2.75, 3.05) is 13.7 Å². The van der Waals surface area contributed by atoms with Gasteiger partial charge in [0.15, 0.2) is 0 Å². The molecule has 0 aliphatic heterocycles. The molecule has 0 amide bonds. The van der Waals surface area contributed by atoms with Gasteiger partial charge in [0, 0.05) is 31.4 Å². The Bertz CT molecular complexity index is 481. The van der Waals surface area contributed by atoms with Gasteiger partial charge >= 0.3 is 0 Å². The summed E-state index contributed by atoms with van der Waals surface area (Å²) in [6.45, 7) is 3.71. The molecule has 1 aromatic carbocycles. The minimum Gasteiger partial charge on any atom is -0.492 e. The number of nitrogens with zero attached hydrogens (tertiary/aromatic N) is 2. The Hall–Kier alpha value is -1.81. The Balaban J connectivity index is 1.90. The molecule has 1 N–H and O–H groups in total. The summed E-state index contributed by atoms with van der Waals surface area (Å²) in [5.74, 6) is 2.00. The fourth-order valence-corrected chi connectivity index (χ4v) is 2.00. The summed E-state index contributed by atoms with van der Waals surface area (Å²) >= 11 is 0. The van der Waals surface area contributed by atoms with Crippen LogP contribution in [-0.4, -0.2) is 29.2 Å². The standard InChI is InChI=1S/C15H21N3O/c1-3-18-10-9-17-15(18)11-13(16-2)12-19-14-7-5-4-6-8-14/h4-10,13,16H,3,11-12H2,1-2H3. The molecule has 4 heteroatoms. The molecule has 102 valence electrons. The van der Waals surface area contributed by atoms with Gasteiger partial charge in [-0.05, 0) is 26.1 Å². The smallest absolute Gasteiger partial charge is 0.119 e. The van der Waals surface area contributed by atoms with E-state index < -0.39 is 0 Å². The van der Waals surface area contributed by atoms with Crippen molar-refractivity contribution in [2.45, 2.75) is 25.9 Å². The van der Waals surface area contributed by atoms with Gasteiger partial charge in [-0.25, -0.2) is 4.98 Å². The molecule has 2 rings (SSSR count). The van der Waals surface area contributed by atoms with Gasteiger partial charge in [-0.15, -0.1) is 0 Å². The zero-order chi connectivity index (χ0) is 13.5. The van der Waals surface area contributed by atoms with E-state index in [2.05, 4.69) is 21.8 Å². The maximum Gasteiger partial charge on any atom is 0.119 e. The van der Waals surface area contributed by atoms with Gasteiger partial charge in [-0.2, -0.15) is 0 Å². The Morgan fingerprint density at radius 2 is 2.11 bits per heavy atom. The van der Waals surface area contributed by atoms with Crippen molar-refractivity contribution in [1.29, 1.82) is 0 Å². The SMILES string of the molecule is CCn1ccnc1CC(COc1ccccc1)NC. The van der Waals surface area contributed by atoms with Crippen LogP contribution in [0.1, 0.15) is 12.7 Å². The Morgan fingerprint density at radius 1 is 1.32 bits per heavy atom. The fraction of sp³-hybridized carbons (Fsp3) is 0.400. The second kappa shape index (κ2) is 6.95. The molecule has 19 heavy (non-hydrogen) atoms. The first kappa shape index (κ1) is 13.6. The van der Waals surface area contributed by atoms with E-state index in [1.807, 2.05) is 49.8 Å². The van der Waals surface area contributed by atoms with Crippen molar-refractivity contribution < 1.29 is 4.74 Å². The lowest BCUT2D eigenvalue weighted by Gasteiger charge is -2.17. The van der Waals surface area contributed by atoms with Gasteiger partial charge in [-0.3, -0.25) is 0 Å². The lowest BCUT2D eigenvalue weighted by atomic mass is 10.2. The number of benzene rings is 1. The van der Waals surface area contributed by atoms with Crippen LogP contribution in [0.2, 0.25) is 0 Å². The fourth-order valence-electron chi connectivity index (χ4n) is 2.00. The highest BCUT2D eigenvalue weighted by Crippen LogP contribution is 2.09. The average molecular weight is 259 g/mol. The molecule has 0 saturated heterocycles. The highest BCUT2D eigenvalue weighted by molar-refractivity contribution is 5.21. The number of nitrogens with one attached hydrogen (secondary N) is 1. The number of rotatable bonds is 7. The topological polar surface area (TPSA) is 39.1 Å². The number of imidazole rings is 1. The predicted molar refractivity (Wildman–Crippen MR) is 76.4 cm³/mol. The molecular formula is C15H21N3O. The van der Waals surface area contributed by atoms with Gasteiger partial charge in [0.2, 0.25) is 0 Å². The van der Waals surface area contributed by atoms with Crippen molar-refractivity contribution in [3.63, 3.8) is 0 Å². The third-order valence-corrected chi connectivity index (χ3v) is 3.17. The van der Waals surface area contributed by atoms with Gasteiger partial charge in [0.05, 0.1) is 0 Å². The number of hydrogen-bond acceptors (Lipinski definition) is 3. The molecule has 2 aromatic rings. The summed E-state index contributed by atoms with van der Waals surface area (Å²) < 4.78 is 7.94. The van der Waals surface area contributed by atoms with Crippen LogP contribution in [0.5, 0.6) is 5.75 Å². The summed E-state index contributed by atoms with van der Waals surface area (Å²) in [6.07, 6.45) is 4.73. The lowest BCUT2D eigenvalue weighted by Crippen LogP contribution is -2.34. The zero-order valence-corrected chi connectivity index (χ0v) is 11.5. The summed E-state index contributed by atoms with van der Waals surface area (Å²) in [6, 6.07) is 10.1. The Morgan fingerprint density at radius 3 is 2.79 bits per heavy atom. The van der Waals surface area contributed by atoms with Crippen LogP contribution in [0.25, 0.3) is 0 Å². The number of ether oxygens (including phenoxy) is 1. The largest absolute Gasteiger partial charge is 0.492 e. The summed E-state index contributed by atoms with van der Waals surface area (Å²) in [5, 5.41) is 3.28. The first-order valence-electron chi connectivity index (χ1n) is 6.68. The highest BCUT2D eigenvalue weighted by Gasteiger charge is 2.11. The first-order chi connectivity index (χ1) is 9.33. The molecule has 0 fully saturated rings. The third-order valence-electron chi connectivity index (χ3n) is 3.17. The summed E-state index contributed by atoms with van der Waals surface area (Å²) in [5.41, 5.74) is 0. The molecule has 0 aliphatic rings. The lowest BCUT2D eigenvalue weighted by molar-refractivity contribution is 0.267. The van der Waals surface area contributed by atoms with E-state index in [1.165, 1.54) is 0 Å². The number of likely N-dealkylation sites (N-methyl/N-ethyl adjacent to an activating group) is 1. The van der Waals surface area contributed by atoms with Crippen LogP contribution in [0.4, 0.5) is 0 Å². The number of aromatic nitrogens is 2. The maximum absolute atomic E-state index is 5.78. The number of aryl methyl sites for hydroxylation is 1. The first-order valence-corrected chi connectivity index (χ1v) is 6.68. The van der Waals surface area contributed by atoms with E-state index in [1.54, 1.807) is 0 Å². The minimum absolute atomic E-state index is 0.257. The summed E-state index contributed by atoms with van der Waals surface area (Å²) in [4.78, 5) is 4.40. The van der Waals surface area contributed by atoms with Gasteiger partial charge in [0.1, 0.15) is 18.2 Å². The summed E-state index contributed by atoms with van der Waals surface area (Å²) in [7, 11) is 1.96. The number of para-hydroxylation sites is 1. The van der Waals surface area contributed by atoms with Crippen molar-refractivity contribution in [3.05, 3.63) is 48.5 Å². The molecule has 0 radical (unpaired) electrons. The molecule has 0 aliphatic carbocycles. The molecule has 0 saturated carbocycles. The maximum atomic E-state index is 5.78. The Labute approximate surface area is 114 Å². The second-order valence-corrected chi connectivity index (χ2v) is 4.44. The molecule has 4 nitrogen and oxygen atoms in total. The van der Waals surface area contributed by atoms with Crippen molar-refractivity contribution in [1.82, 2.24) is 14.9 Å². The van der Waals surface area contributed by atoms with Crippen LogP contribution in [-0.2, 0) is 13.0 Å². The van der Waals surface area contributed by atoms with E-state index in [0.29, 0.717) is 6.61 Å². The van der Waals surface area contributed by atoms with Crippen LogP contribution >= 0.6 is 0 Å². The van der Waals surface area contributed by atoms with E-state index in [0.717, 1.165) is 24.5 Å². The van der Waals surface area contributed by atoms with E-state index in [-0.39, 0.29) is 6.04 Å². The zero-order valence-electron chi connectivity index (χ0n) is 11.5. The van der Waals surface area contributed by atoms with Crippen LogP contribution < -0.4 is 10.1 Å². The van der Waals surface area contributed by atoms with E-state index >= 15 is 0 Å². The quantitative estimate of drug-likeness (QED) is 0.827. The van der Waals surface area contributed by atoms with Crippen LogP contribution in [0, 0.1) is 0 Å². The van der Waals surface area contributed by atoms with Crippen LogP contribution in [0.15, 0.2) is 42.7 Å². The molecule has 1 atom stereocenters.